The van der Waals surface area contributed by atoms with Crippen LogP contribution in [0.4, 0.5) is 0 Å². The summed E-state index contributed by atoms with van der Waals surface area (Å²) < 4.78 is 0. The van der Waals surface area contributed by atoms with E-state index >= 15 is 0 Å². The van der Waals surface area contributed by atoms with Gasteiger partial charge < -0.3 is 9.88 Å². The van der Waals surface area contributed by atoms with Gasteiger partial charge in [0.05, 0.1) is 5.52 Å². The molecule has 5 heteroatoms. The lowest BCUT2D eigenvalue weighted by molar-refractivity contribution is -0.128. The Bertz CT molecular complexity index is 634. The molecule has 1 N–H and O–H groups in total. The standard InChI is InChI=1S/C15H20N4O/c1-3-4-11-7-13(20)19(8-11)9-12-5-6-16-15-14(12)17-10(2)18-15/h5-6,11H,3-4,7-9H2,1-2H3,(H,16,17,18). The second kappa shape index (κ2) is 5.23. The number of fused-ring (bicyclic) bond motifs is 1. The van der Waals surface area contributed by atoms with E-state index in [0.29, 0.717) is 18.9 Å². The van der Waals surface area contributed by atoms with Crippen LogP contribution in [-0.2, 0) is 11.3 Å². The molecule has 3 heterocycles. The van der Waals surface area contributed by atoms with Crippen molar-refractivity contribution in [2.24, 2.45) is 5.92 Å². The maximum Gasteiger partial charge on any atom is 0.223 e. The Kier molecular flexibility index (Phi) is 3.42. The number of rotatable bonds is 4. The fourth-order valence-electron chi connectivity index (χ4n) is 3.02. The topological polar surface area (TPSA) is 61.9 Å². The molecule has 1 aliphatic heterocycles. The fourth-order valence-corrected chi connectivity index (χ4v) is 3.02. The number of aromatic amines is 1. The van der Waals surface area contributed by atoms with Crippen LogP contribution in [0, 0.1) is 12.8 Å². The number of hydrogen-bond acceptors (Lipinski definition) is 3. The predicted octanol–water partition coefficient (Wildman–Crippen LogP) is 2.41. The Hall–Kier alpha value is -1.91. The lowest BCUT2D eigenvalue weighted by Crippen LogP contribution is -2.24. The maximum atomic E-state index is 12.1. The highest BCUT2D eigenvalue weighted by molar-refractivity contribution is 5.80. The van der Waals surface area contributed by atoms with Gasteiger partial charge in [0.25, 0.3) is 0 Å². The van der Waals surface area contributed by atoms with Gasteiger partial charge in [-0.3, -0.25) is 4.79 Å². The van der Waals surface area contributed by atoms with Gasteiger partial charge in [-0.2, -0.15) is 0 Å². The summed E-state index contributed by atoms with van der Waals surface area (Å²) in [6.07, 6.45) is 4.74. The molecule has 1 fully saturated rings. The molecule has 1 amide bonds. The minimum atomic E-state index is 0.268. The first-order valence-electron chi connectivity index (χ1n) is 7.25. The van der Waals surface area contributed by atoms with Crippen LogP contribution >= 0.6 is 0 Å². The Morgan fingerprint density at radius 3 is 3.15 bits per heavy atom. The molecule has 0 radical (unpaired) electrons. The SMILES string of the molecule is CCCC1CC(=O)N(Cc2ccnc3nc(C)[nH]c23)C1. The number of nitrogens with zero attached hydrogens (tertiary/aromatic N) is 3. The number of hydrogen-bond donors (Lipinski definition) is 1. The highest BCUT2D eigenvalue weighted by atomic mass is 16.2. The van der Waals surface area contributed by atoms with Crippen molar-refractivity contribution in [1.82, 2.24) is 19.9 Å². The summed E-state index contributed by atoms with van der Waals surface area (Å²) in [5.41, 5.74) is 2.79. The Morgan fingerprint density at radius 2 is 2.35 bits per heavy atom. The number of likely N-dealkylation sites (tertiary alicyclic amines) is 1. The Labute approximate surface area is 118 Å². The zero-order valence-corrected chi connectivity index (χ0v) is 12.0. The molecule has 20 heavy (non-hydrogen) atoms. The Morgan fingerprint density at radius 1 is 1.50 bits per heavy atom. The van der Waals surface area contributed by atoms with Crippen molar-refractivity contribution in [1.29, 1.82) is 0 Å². The predicted molar refractivity (Wildman–Crippen MR) is 77.1 cm³/mol. The van der Waals surface area contributed by atoms with E-state index in [2.05, 4.69) is 21.9 Å². The fraction of sp³-hybridized carbons (Fsp3) is 0.533. The van der Waals surface area contributed by atoms with Crippen LogP contribution in [0.5, 0.6) is 0 Å². The van der Waals surface area contributed by atoms with Crippen LogP contribution in [0.3, 0.4) is 0 Å². The number of amides is 1. The van der Waals surface area contributed by atoms with E-state index in [4.69, 9.17) is 0 Å². The second-order valence-electron chi connectivity index (χ2n) is 5.62. The van der Waals surface area contributed by atoms with Gasteiger partial charge in [0.1, 0.15) is 5.82 Å². The molecule has 1 saturated heterocycles. The van der Waals surface area contributed by atoms with Gasteiger partial charge in [-0.25, -0.2) is 9.97 Å². The largest absolute Gasteiger partial charge is 0.341 e. The molecule has 1 aliphatic rings. The minimum absolute atomic E-state index is 0.268. The van der Waals surface area contributed by atoms with Gasteiger partial charge in [0, 0.05) is 31.3 Å². The number of nitrogens with one attached hydrogen (secondary N) is 1. The molecule has 0 spiro atoms. The van der Waals surface area contributed by atoms with Crippen LogP contribution in [-0.4, -0.2) is 32.3 Å². The van der Waals surface area contributed by atoms with Crippen molar-refractivity contribution in [3.05, 3.63) is 23.7 Å². The second-order valence-corrected chi connectivity index (χ2v) is 5.62. The molecule has 0 aliphatic carbocycles. The quantitative estimate of drug-likeness (QED) is 0.929. The lowest BCUT2D eigenvalue weighted by atomic mass is 10.0. The summed E-state index contributed by atoms with van der Waals surface area (Å²) in [5, 5.41) is 0. The summed E-state index contributed by atoms with van der Waals surface area (Å²) >= 11 is 0. The van der Waals surface area contributed by atoms with E-state index in [9.17, 15) is 4.79 Å². The molecule has 106 valence electrons. The van der Waals surface area contributed by atoms with Crippen molar-refractivity contribution < 1.29 is 4.79 Å². The van der Waals surface area contributed by atoms with Gasteiger partial charge in [0.2, 0.25) is 5.91 Å². The molecular weight excluding hydrogens is 252 g/mol. The summed E-state index contributed by atoms with van der Waals surface area (Å²) in [6, 6.07) is 1.97. The van der Waals surface area contributed by atoms with Gasteiger partial charge >= 0.3 is 0 Å². The third-order valence-corrected chi connectivity index (χ3v) is 3.95. The third kappa shape index (κ3) is 2.40. The molecule has 1 unspecified atom stereocenters. The number of imidazole rings is 1. The summed E-state index contributed by atoms with van der Waals surface area (Å²) in [7, 11) is 0. The lowest BCUT2D eigenvalue weighted by Gasteiger charge is -2.16. The number of pyridine rings is 1. The smallest absolute Gasteiger partial charge is 0.223 e. The maximum absolute atomic E-state index is 12.1. The first kappa shape index (κ1) is 13.1. The molecule has 5 nitrogen and oxygen atoms in total. The molecule has 3 rings (SSSR count). The molecular formula is C15H20N4O. The normalized spacial score (nSPS) is 19.2. The van der Waals surface area contributed by atoms with Crippen molar-refractivity contribution >= 4 is 17.1 Å². The van der Waals surface area contributed by atoms with Crippen LogP contribution in [0.15, 0.2) is 12.3 Å². The van der Waals surface area contributed by atoms with E-state index in [-0.39, 0.29) is 5.91 Å². The third-order valence-electron chi connectivity index (χ3n) is 3.95. The van der Waals surface area contributed by atoms with Gasteiger partial charge in [0.15, 0.2) is 5.65 Å². The van der Waals surface area contributed by atoms with E-state index < -0.39 is 0 Å². The molecule has 2 aromatic heterocycles. The number of H-pyrrole nitrogens is 1. The van der Waals surface area contributed by atoms with E-state index in [1.54, 1.807) is 6.20 Å². The van der Waals surface area contributed by atoms with Crippen molar-refractivity contribution in [2.75, 3.05) is 6.54 Å². The highest BCUT2D eigenvalue weighted by Gasteiger charge is 2.29. The summed E-state index contributed by atoms with van der Waals surface area (Å²) in [6.45, 7) is 5.62. The van der Waals surface area contributed by atoms with Crippen LogP contribution < -0.4 is 0 Å². The van der Waals surface area contributed by atoms with Crippen molar-refractivity contribution in [3.8, 4) is 0 Å². The summed E-state index contributed by atoms with van der Waals surface area (Å²) in [5.74, 6) is 1.65. The first-order chi connectivity index (χ1) is 9.67. The average Bonchev–Trinajstić information content (AvgIpc) is 2.94. The van der Waals surface area contributed by atoms with Crippen LogP contribution in [0.25, 0.3) is 11.2 Å². The van der Waals surface area contributed by atoms with Gasteiger partial charge in [-0.1, -0.05) is 13.3 Å². The zero-order chi connectivity index (χ0) is 14.1. The average molecular weight is 272 g/mol. The Balaban J connectivity index is 1.81. The van der Waals surface area contributed by atoms with E-state index in [1.807, 2.05) is 17.9 Å². The number of aromatic nitrogens is 3. The van der Waals surface area contributed by atoms with Crippen LogP contribution in [0.2, 0.25) is 0 Å². The van der Waals surface area contributed by atoms with Crippen molar-refractivity contribution in [2.45, 2.75) is 39.7 Å². The number of carbonyl (C=O) groups excluding carboxylic acids is 1. The number of carbonyl (C=O) groups is 1. The molecule has 0 aromatic carbocycles. The molecule has 0 bridgehead atoms. The van der Waals surface area contributed by atoms with E-state index in [1.165, 1.54) is 0 Å². The number of aryl methyl sites for hydroxylation is 1. The van der Waals surface area contributed by atoms with E-state index in [0.717, 1.165) is 41.9 Å². The van der Waals surface area contributed by atoms with Crippen LogP contribution in [0.1, 0.15) is 37.6 Å². The minimum Gasteiger partial charge on any atom is -0.341 e. The monoisotopic (exact) mass is 272 g/mol. The summed E-state index contributed by atoms with van der Waals surface area (Å²) in [4.78, 5) is 25.9. The van der Waals surface area contributed by atoms with Gasteiger partial charge in [-0.15, -0.1) is 0 Å². The highest BCUT2D eigenvalue weighted by Crippen LogP contribution is 2.25. The zero-order valence-electron chi connectivity index (χ0n) is 12.0. The molecule has 2 aromatic rings. The van der Waals surface area contributed by atoms with Crippen molar-refractivity contribution in [3.63, 3.8) is 0 Å². The first-order valence-corrected chi connectivity index (χ1v) is 7.25. The molecule has 1 atom stereocenters. The van der Waals surface area contributed by atoms with Gasteiger partial charge in [-0.05, 0) is 25.3 Å². The molecule has 0 saturated carbocycles.